The fourth-order valence-electron chi connectivity index (χ4n) is 1.04. The van der Waals surface area contributed by atoms with Gasteiger partial charge < -0.3 is 5.11 Å². The predicted octanol–water partition coefficient (Wildman–Crippen LogP) is 1.42. The molecule has 0 radical (unpaired) electrons. The van der Waals surface area contributed by atoms with E-state index >= 15 is 0 Å². The molecule has 0 aliphatic carbocycles. The molecule has 1 rings (SSSR count). The van der Waals surface area contributed by atoms with Crippen LogP contribution in [0.1, 0.15) is 24.3 Å². The first-order valence-corrected chi connectivity index (χ1v) is 5.64. The average Bonchev–Trinajstić information content (AvgIpc) is 2.68. The highest BCUT2D eigenvalue weighted by atomic mass is 32.1. The Morgan fingerprint density at radius 3 is 2.75 bits per heavy atom. The molecule has 2 N–H and O–H groups in total. The molecule has 0 unspecified atom stereocenters. The standard InChI is InChI=1S/C9H13N3O3S/c1-6(2)3-12(9(14)15)11-8(13)7-4-16-5-10-7/h4-6H,3H2,1-2H3,(H,11,13)(H,14,15). The summed E-state index contributed by atoms with van der Waals surface area (Å²) in [7, 11) is 0. The molecule has 0 aliphatic heterocycles. The Morgan fingerprint density at radius 2 is 2.31 bits per heavy atom. The van der Waals surface area contributed by atoms with E-state index in [1.807, 2.05) is 13.8 Å². The topological polar surface area (TPSA) is 82.5 Å². The summed E-state index contributed by atoms with van der Waals surface area (Å²) in [4.78, 5) is 26.2. The molecule has 0 saturated heterocycles. The Kier molecular flexibility index (Phi) is 4.24. The smallest absolute Gasteiger partial charge is 0.426 e. The maximum absolute atomic E-state index is 11.5. The number of hydrogen-bond donors (Lipinski definition) is 2. The van der Waals surface area contributed by atoms with Crippen molar-refractivity contribution in [2.24, 2.45) is 5.92 Å². The van der Waals surface area contributed by atoms with Gasteiger partial charge in [0.15, 0.2) is 0 Å². The lowest BCUT2D eigenvalue weighted by atomic mass is 10.2. The maximum Gasteiger partial charge on any atom is 0.426 e. The molecule has 0 atom stereocenters. The quantitative estimate of drug-likeness (QED) is 0.786. The highest BCUT2D eigenvalue weighted by Crippen LogP contribution is 2.02. The number of hydrogen-bond acceptors (Lipinski definition) is 4. The summed E-state index contributed by atoms with van der Waals surface area (Å²) in [5.74, 6) is -0.379. The summed E-state index contributed by atoms with van der Waals surface area (Å²) in [6.07, 6.45) is -1.18. The van der Waals surface area contributed by atoms with Gasteiger partial charge in [0.05, 0.1) is 5.51 Å². The van der Waals surface area contributed by atoms with Crippen LogP contribution >= 0.6 is 11.3 Å². The van der Waals surface area contributed by atoms with E-state index in [2.05, 4.69) is 10.4 Å². The molecule has 88 valence electrons. The molecule has 0 bridgehead atoms. The van der Waals surface area contributed by atoms with Crippen LogP contribution in [0.5, 0.6) is 0 Å². The molecular formula is C9H13N3O3S. The number of aromatic nitrogens is 1. The van der Waals surface area contributed by atoms with Gasteiger partial charge in [-0.15, -0.1) is 11.3 Å². The van der Waals surface area contributed by atoms with E-state index in [0.717, 1.165) is 5.01 Å². The van der Waals surface area contributed by atoms with Gasteiger partial charge in [0.1, 0.15) is 5.69 Å². The first kappa shape index (κ1) is 12.4. The molecule has 1 aromatic rings. The molecular weight excluding hydrogens is 230 g/mol. The van der Waals surface area contributed by atoms with Crippen molar-refractivity contribution in [2.45, 2.75) is 13.8 Å². The maximum atomic E-state index is 11.5. The van der Waals surface area contributed by atoms with E-state index in [-0.39, 0.29) is 18.2 Å². The molecule has 0 aliphatic rings. The summed E-state index contributed by atoms with van der Waals surface area (Å²) in [5.41, 5.74) is 4.03. The molecule has 1 heterocycles. The third kappa shape index (κ3) is 3.50. The Hall–Kier alpha value is -1.63. The molecule has 1 aromatic heterocycles. The minimum Gasteiger partial charge on any atom is -0.464 e. The third-order valence-corrected chi connectivity index (χ3v) is 2.27. The Morgan fingerprint density at radius 1 is 1.62 bits per heavy atom. The average molecular weight is 243 g/mol. The number of carbonyl (C=O) groups excluding carboxylic acids is 1. The summed E-state index contributed by atoms with van der Waals surface area (Å²) in [6.45, 7) is 3.97. The number of hydrazine groups is 1. The van der Waals surface area contributed by atoms with Crippen molar-refractivity contribution in [1.29, 1.82) is 0 Å². The van der Waals surface area contributed by atoms with Crippen molar-refractivity contribution in [3.63, 3.8) is 0 Å². The lowest BCUT2D eigenvalue weighted by Gasteiger charge is -2.21. The number of carbonyl (C=O) groups is 2. The molecule has 6 nitrogen and oxygen atoms in total. The minimum atomic E-state index is -1.18. The van der Waals surface area contributed by atoms with Crippen molar-refractivity contribution < 1.29 is 14.7 Å². The second kappa shape index (κ2) is 5.45. The summed E-state index contributed by atoms with van der Waals surface area (Å²) < 4.78 is 0. The van der Waals surface area contributed by atoms with Crippen LogP contribution in [0.2, 0.25) is 0 Å². The van der Waals surface area contributed by atoms with E-state index in [1.54, 1.807) is 5.38 Å². The monoisotopic (exact) mass is 243 g/mol. The van der Waals surface area contributed by atoms with Gasteiger partial charge in [-0.1, -0.05) is 13.8 Å². The number of nitrogens with one attached hydrogen (secondary N) is 1. The zero-order valence-corrected chi connectivity index (χ0v) is 9.82. The Balaban J connectivity index is 2.62. The van der Waals surface area contributed by atoms with Crippen LogP contribution in [-0.2, 0) is 0 Å². The van der Waals surface area contributed by atoms with Gasteiger partial charge >= 0.3 is 6.09 Å². The number of carboxylic acid groups (broad SMARTS) is 1. The van der Waals surface area contributed by atoms with Gasteiger partial charge in [0.2, 0.25) is 0 Å². The third-order valence-electron chi connectivity index (χ3n) is 1.68. The van der Waals surface area contributed by atoms with E-state index in [0.29, 0.717) is 0 Å². The van der Waals surface area contributed by atoms with Gasteiger partial charge in [-0.3, -0.25) is 10.2 Å². The van der Waals surface area contributed by atoms with Crippen LogP contribution in [0.25, 0.3) is 0 Å². The molecule has 0 spiro atoms. The summed E-state index contributed by atoms with van der Waals surface area (Å²) in [5, 5.41) is 11.3. The predicted molar refractivity (Wildman–Crippen MR) is 59.1 cm³/mol. The van der Waals surface area contributed by atoms with Crippen LogP contribution in [0.4, 0.5) is 4.79 Å². The fourth-order valence-corrected chi connectivity index (χ4v) is 1.57. The lowest BCUT2D eigenvalue weighted by Crippen LogP contribution is -2.47. The van der Waals surface area contributed by atoms with Crippen molar-refractivity contribution in [1.82, 2.24) is 15.4 Å². The number of nitrogens with zero attached hydrogens (tertiary/aromatic N) is 2. The molecule has 0 aromatic carbocycles. The zero-order valence-electron chi connectivity index (χ0n) is 9.01. The van der Waals surface area contributed by atoms with Gasteiger partial charge in [-0.25, -0.2) is 14.8 Å². The number of rotatable bonds is 3. The van der Waals surface area contributed by atoms with Crippen molar-refractivity contribution >= 4 is 23.3 Å². The minimum absolute atomic E-state index is 0.131. The molecule has 2 amide bonds. The van der Waals surface area contributed by atoms with Gasteiger partial charge in [0, 0.05) is 11.9 Å². The van der Waals surface area contributed by atoms with E-state index < -0.39 is 12.0 Å². The van der Waals surface area contributed by atoms with Crippen molar-refractivity contribution in [3.8, 4) is 0 Å². The lowest BCUT2D eigenvalue weighted by molar-refractivity contribution is 0.0728. The van der Waals surface area contributed by atoms with E-state index in [1.165, 1.54) is 16.8 Å². The number of amides is 2. The van der Waals surface area contributed by atoms with E-state index in [4.69, 9.17) is 5.11 Å². The Bertz CT molecular complexity index is 364. The van der Waals surface area contributed by atoms with E-state index in [9.17, 15) is 9.59 Å². The largest absolute Gasteiger partial charge is 0.464 e. The second-order valence-corrected chi connectivity index (χ2v) is 4.32. The first-order chi connectivity index (χ1) is 7.50. The van der Waals surface area contributed by atoms with Crippen LogP contribution < -0.4 is 5.43 Å². The SMILES string of the molecule is CC(C)CN(NC(=O)c1cscn1)C(=O)O. The van der Waals surface area contributed by atoms with Crippen LogP contribution in [0, 0.1) is 5.92 Å². The molecule has 0 saturated carbocycles. The van der Waals surface area contributed by atoms with Gasteiger partial charge in [0.25, 0.3) is 5.91 Å². The summed E-state index contributed by atoms with van der Waals surface area (Å²) >= 11 is 1.28. The second-order valence-electron chi connectivity index (χ2n) is 3.60. The normalized spacial score (nSPS) is 10.2. The molecule has 0 fully saturated rings. The van der Waals surface area contributed by atoms with Crippen LogP contribution in [0.15, 0.2) is 10.9 Å². The highest BCUT2D eigenvalue weighted by Gasteiger charge is 2.17. The summed E-state index contributed by atoms with van der Waals surface area (Å²) in [6, 6.07) is 0. The zero-order chi connectivity index (χ0) is 12.1. The first-order valence-electron chi connectivity index (χ1n) is 4.70. The molecule has 16 heavy (non-hydrogen) atoms. The molecule has 7 heteroatoms. The van der Waals surface area contributed by atoms with Crippen molar-refractivity contribution in [2.75, 3.05) is 6.54 Å². The Labute approximate surface area is 96.9 Å². The highest BCUT2D eigenvalue weighted by molar-refractivity contribution is 7.07. The van der Waals surface area contributed by atoms with Gasteiger partial charge in [-0.05, 0) is 5.92 Å². The fraction of sp³-hybridized carbons (Fsp3) is 0.444. The van der Waals surface area contributed by atoms with Crippen LogP contribution in [0.3, 0.4) is 0 Å². The van der Waals surface area contributed by atoms with Crippen molar-refractivity contribution in [3.05, 3.63) is 16.6 Å². The van der Waals surface area contributed by atoms with Crippen LogP contribution in [-0.4, -0.2) is 33.6 Å². The van der Waals surface area contributed by atoms with Gasteiger partial charge in [-0.2, -0.15) is 0 Å². The number of thiazole rings is 1.